The Morgan fingerprint density at radius 1 is 1.38 bits per heavy atom. The standard InChI is InChI=1S/C7H4ClNO6S/c8-16(14,15)6-3-4(9(12)13)1-2-5(6)7(10)11/h1-3H,(H,10,11)/p-1. The molecule has 1 aromatic rings. The van der Waals surface area contributed by atoms with Gasteiger partial charge in [0, 0.05) is 28.4 Å². The van der Waals surface area contributed by atoms with Crippen LogP contribution in [-0.2, 0) is 9.05 Å². The van der Waals surface area contributed by atoms with Gasteiger partial charge in [0.1, 0.15) is 0 Å². The van der Waals surface area contributed by atoms with Gasteiger partial charge in [0.2, 0.25) is 0 Å². The molecule has 9 heteroatoms. The Morgan fingerprint density at radius 3 is 2.31 bits per heavy atom. The Kier molecular flexibility index (Phi) is 3.15. The number of nitro benzene ring substituents is 1. The normalized spacial score (nSPS) is 11.1. The van der Waals surface area contributed by atoms with E-state index in [0.29, 0.717) is 6.07 Å². The van der Waals surface area contributed by atoms with Crippen LogP contribution in [0.5, 0.6) is 0 Å². The SMILES string of the molecule is O=C([O-])c1ccc([N+](=O)[O-])cc1S(=O)(=O)Cl. The molecule has 7 nitrogen and oxygen atoms in total. The summed E-state index contributed by atoms with van der Waals surface area (Å²) in [5, 5.41) is 20.9. The van der Waals surface area contributed by atoms with Crippen LogP contribution in [0, 0.1) is 10.1 Å². The van der Waals surface area contributed by atoms with Crippen molar-refractivity contribution >= 4 is 31.4 Å². The Bertz CT molecular complexity index is 566. The van der Waals surface area contributed by atoms with Crippen LogP contribution in [0.4, 0.5) is 5.69 Å². The number of non-ortho nitro benzene ring substituents is 1. The van der Waals surface area contributed by atoms with Crippen molar-refractivity contribution in [2.24, 2.45) is 0 Å². The smallest absolute Gasteiger partial charge is 0.270 e. The van der Waals surface area contributed by atoms with Crippen molar-refractivity contribution in [2.75, 3.05) is 0 Å². The Labute approximate surface area is 93.8 Å². The highest BCUT2D eigenvalue weighted by Gasteiger charge is 2.20. The summed E-state index contributed by atoms with van der Waals surface area (Å²) in [5.74, 6) is -1.78. The number of benzene rings is 1. The van der Waals surface area contributed by atoms with Gasteiger partial charge in [0.15, 0.2) is 0 Å². The van der Waals surface area contributed by atoms with E-state index in [4.69, 9.17) is 10.7 Å². The first-order chi connectivity index (χ1) is 7.23. The van der Waals surface area contributed by atoms with Gasteiger partial charge in [-0.3, -0.25) is 10.1 Å². The number of hydrogen-bond acceptors (Lipinski definition) is 6. The van der Waals surface area contributed by atoms with Crippen molar-refractivity contribution in [3.05, 3.63) is 33.9 Å². The monoisotopic (exact) mass is 264 g/mol. The lowest BCUT2D eigenvalue weighted by Crippen LogP contribution is -2.24. The van der Waals surface area contributed by atoms with Crippen LogP contribution in [0.2, 0.25) is 0 Å². The van der Waals surface area contributed by atoms with Crippen molar-refractivity contribution in [1.29, 1.82) is 0 Å². The minimum Gasteiger partial charge on any atom is -0.545 e. The van der Waals surface area contributed by atoms with Crippen molar-refractivity contribution < 1.29 is 23.2 Å². The van der Waals surface area contributed by atoms with Gasteiger partial charge in [-0.15, -0.1) is 0 Å². The van der Waals surface area contributed by atoms with Crippen LogP contribution in [0.1, 0.15) is 10.4 Å². The number of aromatic carboxylic acids is 1. The van der Waals surface area contributed by atoms with E-state index >= 15 is 0 Å². The van der Waals surface area contributed by atoms with Gasteiger partial charge in [-0.1, -0.05) is 0 Å². The molecule has 0 heterocycles. The molecule has 0 radical (unpaired) electrons. The number of carboxylic acid groups (broad SMARTS) is 1. The number of hydrogen-bond donors (Lipinski definition) is 0. The molecule has 0 atom stereocenters. The van der Waals surface area contributed by atoms with Crippen LogP contribution in [0.15, 0.2) is 23.1 Å². The molecule has 0 saturated heterocycles. The van der Waals surface area contributed by atoms with E-state index in [-0.39, 0.29) is 0 Å². The van der Waals surface area contributed by atoms with Crippen LogP contribution in [0.25, 0.3) is 0 Å². The molecule has 0 amide bonds. The lowest BCUT2D eigenvalue weighted by atomic mass is 10.2. The van der Waals surface area contributed by atoms with E-state index in [1.807, 2.05) is 0 Å². The molecule has 0 unspecified atom stereocenters. The van der Waals surface area contributed by atoms with Crippen molar-refractivity contribution in [2.45, 2.75) is 4.90 Å². The lowest BCUT2D eigenvalue weighted by molar-refractivity contribution is -0.385. The summed E-state index contributed by atoms with van der Waals surface area (Å²) < 4.78 is 22.0. The minimum absolute atomic E-state index is 0.563. The summed E-state index contributed by atoms with van der Waals surface area (Å²) in [5.41, 5.74) is -1.30. The fourth-order valence-electron chi connectivity index (χ4n) is 0.995. The molecule has 1 rings (SSSR count). The average Bonchev–Trinajstić information content (AvgIpc) is 2.15. The van der Waals surface area contributed by atoms with Crippen LogP contribution in [-0.4, -0.2) is 19.3 Å². The molecule has 0 bridgehead atoms. The molecular weight excluding hydrogens is 262 g/mol. The second-order valence-corrected chi connectivity index (χ2v) is 5.20. The molecular formula is C7H3ClNO6S-. The molecule has 1 aromatic carbocycles. The largest absolute Gasteiger partial charge is 0.545 e. The number of carbonyl (C=O) groups is 1. The zero-order valence-corrected chi connectivity index (χ0v) is 8.99. The van der Waals surface area contributed by atoms with E-state index in [9.17, 15) is 28.4 Å². The van der Waals surface area contributed by atoms with Gasteiger partial charge in [-0.2, -0.15) is 0 Å². The van der Waals surface area contributed by atoms with Crippen LogP contribution in [0.3, 0.4) is 0 Å². The molecule has 16 heavy (non-hydrogen) atoms. The molecule has 0 aliphatic rings. The van der Waals surface area contributed by atoms with Gasteiger partial charge in [-0.25, -0.2) is 8.42 Å². The first-order valence-electron chi connectivity index (χ1n) is 3.68. The fourth-order valence-corrected chi connectivity index (χ4v) is 2.05. The molecule has 0 spiro atoms. The van der Waals surface area contributed by atoms with E-state index in [0.717, 1.165) is 12.1 Å². The zero-order valence-electron chi connectivity index (χ0n) is 7.41. The summed E-state index contributed by atoms with van der Waals surface area (Å²) in [6.07, 6.45) is 0. The quantitative estimate of drug-likeness (QED) is 0.427. The highest BCUT2D eigenvalue weighted by Crippen LogP contribution is 2.24. The van der Waals surface area contributed by atoms with Gasteiger partial charge < -0.3 is 9.90 Å². The van der Waals surface area contributed by atoms with Crippen molar-refractivity contribution in [3.8, 4) is 0 Å². The molecule has 0 fully saturated rings. The van der Waals surface area contributed by atoms with E-state index in [1.165, 1.54) is 0 Å². The third-order valence-electron chi connectivity index (χ3n) is 1.66. The average molecular weight is 265 g/mol. The first kappa shape index (κ1) is 12.4. The highest BCUT2D eigenvalue weighted by molar-refractivity contribution is 8.13. The fraction of sp³-hybridized carbons (Fsp3) is 0. The van der Waals surface area contributed by atoms with Gasteiger partial charge in [0.05, 0.1) is 15.8 Å². The Balaban J connectivity index is 3.58. The van der Waals surface area contributed by atoms with Crippen LogP contribution >= 0.6 is 10.7 Å². The maximum atomic E-state index is 11.0. The number of halogens is 1. The molecule has 0 aliphatic heterocycles. The number of nitro groups is 1. The predicted molar refractivity (Wildman–Crippen MR) is 50.5 cm³/mol. The zero-order chi connectivity index (χ0) is 12.5. The molecule has 86 valence electrons. The summed E-state index contributed by atoms with van der Waals surface area (Å²) in [6, 6.07) is 2.16. The molecule has 0 N–H and O–H groups in total. The molecule has 0 aliphatic carbocycles. The van der Waals surface area contributed by atoms with Gasteiger partial charge in [0.25, 0.3) is 14.7 Å². The van der Waals surface area contributed by atoms with Crippen molar-refractivity contribution in [3.63, 3.8) is 0 Å². The maximum Gasteiger partial charge on any atom is 0.270 e. The first-order valence-corrected chi connectivity index (χ1v) is 5.99. The lowest BCUT2D eigenvalue weighted by Gasteiger charge is -2.06. The van der Waals surface area contributed by atoms with E-state index < -0.39 is 36.1 Å². The highest BCUT2D eigenvalue weighted by atomic mass is 35.7. The number of carbonyl (C=O) groups excluding carboxylic acids is 1. The molecule has 0 aromatic heterocycles. The number of carboxylic acids is 1. The third kappa shape index (κ3) is 2.47. The van der Waals surface area contributed by atoms with E-state index in [1.54, 1.807) is 0 Å². The summed E-state index contributed by atoms with van der Waals surface area (Å²) in [4.78, 5) is 19.2. The van der Waals surface area contributed by atoms with E-state index in [2.05, 4.69) is 0 Å². The summed E-state index contributed by atoms with van der Waals surface area (Å²) in [6.45, 7) is 0. The molecule has 0 saturated carbocycles. The van der Waals surface area contributed by atoms with Crippen molar-refractivity contribution in [1.82, 2.24) is 0 Å². The Hall–Kier alpha value is -1.67. The minimum atomic E-state index is -4.39. The second-order valence-electron chi connectivity index (χ2n) is 2.66. The van der Waals surface area contributed by atoms with Crippen LogP contribution < -0.4 is 5.11 Å². The number of nitrogens with zero attached hydrogens (tertiary/aromatic N) is 1. The topological polar surface area (TPSA) is 117 Å². The maximum absolute atomic E-state index is 11.0. The second kappa shape index (κ2) is 4.06. The van der Waals surface area contributed by atoms with Gasteiger partial charge >= 0.3 is 0 Å². The number of rotatable bonds is 3. The third-order valence-corrected chi connectivity index (χ3v) is 3.02. The van der Waals surface area contributed by atoms with Gasteiger partial charge in [-0.05, 0) is 6.07 Å². The predicted octanol–water partition coefficient (Wildman–Crippen LogP) is -0.114. The summed E-state index contributed by atoms with van der Waals surface area (Å²) in [7, 11) is 0.555. The summed E-state index contributed by atoms with van der Waals surface area (Å²) >= 11 is 0. The Morgan fingerprint density at radius 2 is 1.94 bits per heavy atom.